The molecule has 0 heterocycles. The van der Waals surface area contributed by atoms with Crippen molar-refractivity contribution in [1.29, 1.82) is 0 Å². The summed E-state index contributed by atoms with van der Waals surface area (Å²) in [5, 5.41) is 0. The Morgan fingerprint density at radius 1 is 0.833 bits per heavy atom. The molecule has 0 unspecified atom stereocenters. The first-order valence-corrected chi connectivity index (χ1v) is 4.82. The van der Waals surface area contributed by atoms with Crippen LogP contribution in [-0.4, -0.2) is 0 Å². The molecule has 2 rings (SSSR count). The van der Waals surface area contributed by atoms with Crippen LogP contribution in [0.3, 0.4) is 0 Å². The van der Waals surface area contributed by atoms with E-state index in [9.17, 15) is 0 Å². The summed E-state index contributed by atoms with van der Waals surface area (Å²) in [5.41, 5.74) is 0. The Balaban J connectivity index is 0.000000720. The van der Waals surface area contributed by atoms with Gasteiger partial charge < -0.3 is 0 Å². The molecule has 0 radical (unpaired) electrons. The molecule has 2 aliphatic rings. The summed E-state index contributed by atoms with van der Waals surface area (Å²) in [6, 6.07) is 0. The Morgan fingerprint density at radius 3 is 2.00 bits per heavy atom. The van der Waals surface area contributed by atoms with E-state index >= 15 is 0 Å². The average molecular weight is 239 g/mol. The third kappa shape index (κ3) is 2.42. The van der Waals surface area contributed by atoms with Crippen LogP contribution in [0, 0.1) is 11.8 Å². The number of hydrogen-bond acceptors (Lipinski definition) is 0. The van der Waals surface area contributed by atoms with Crippen molar-refractivity contribution in [2.24, 2.45) is 11.8 Å². The monoisotopic (exact) mass is 238 g/mol. The standard InChI is InChI=1S/C11H16.Zr/c1-2-6-10(7-3-1)11-8-4-5-9-11;/h4-5,8-11H,1-3,6-7H2;. The molecule has 0 saturated heterocycles. The predicted octanol–water partition coefficient (Wildman–Crippen LogP) is 3.31. The third-order valence-corrected chi connectivity index (χ3v) is 2.97. The predicted molar refractivity (Wildman–Crippen MR) is 48.3 cm³/mol. The summed E-state index contributed by atoms with van der Waals surface area (Å²) in [7, 11) is 0. The van der Waals surface area contributed by atoms with Gasteiger partial charge in [-0.15, -0.1) is 0 Å². The summed E-state index contributed by atoms with van der Waals surface area (Å²) < 4.78 is 0. The maximum Gasteiger partial charge on any atom is 0 e. The molecular weight excluding hydrogens is 223 g/mol. The molecule has 2 aliphatic carbocycles. The Morgan fingerprint density at radius 2 is 1.42 bits per heavy atom. The van der Waals surface area contributed by atoms with Crippen LogP contribution in [0.25, 0.3) is 0 Å². The van der Waals surface area contributed by atoms with Gasteiger partial charge in [-0.05, 0) is 24.7 Å². The molecule has 0 aromatic heterocycles. The Kier molecular flexibility index (Phi) is 4.50. The van der Waals surface area contributed by atoms with Gasteiger partial charge in [0.1, 0.15) is 0 Å². The van der Waals surface area contributed by atoms with E-state index in [1.54, 1.807) is 0 Å². The minimum atomic E-state index is 0. The van der Waals surface area contributed by atoms with E-state index in [1.807, 2.05) is 0 Å². The van der Waals surface area contributed by atoms with Crippen molar-refractivity contribution in [1.82, 2.24) is 0 Å². The van der Waals surface area contributed by atoms with Crippen LogP contribution in [0.4, 0.5) is 0 Å². The fourth-order valence-electron chi connectivity index (χ4n) is 2.28. The fraction of sp³-hybridized carbons (Fsp3) is 0.636. The van der Waals surface area contributed by atoms with E-state index < -0.39 is 0 Å². The molecule has 1 saturated carbocycles. The van der Waals surface area contributed by atoms with E-state index in [0.29, 0.717) is 0 Å². The molecule has 0 N–H and O–H groups in total. The maximum absolute atomic E-state index is 2.36. The van der Waals surface area contributed by atoms with E-state index in [-0.39, 0.29) is 26.2 Å². The normalized spacial score (nSPS) is 24.3. The Labute approximate surface area is 94.2 Å². The second kappa shape index (κ2) is 5.17. The molecular formula is C11H16Zr. The van der Waals surface area contributed by atoms with Crippen molar-refractivity contribution in [2.75, 3.05) is 0 Å². The minimum absolute atomic E-state index is 0. The zero-order valence-corrected chi connectivity index (χ0v) is 9.96. The van der Waals surface area contributed by atoms with Crippen LogP contribution in [-0.2, 0) is 26.2 Å². The Bertz CT molecular complexity index is 163. The summed E-state index contributed by atoms with van der Waals surface area (Å²) in [6.45, 7) is 0. The van der Waals surface area contributed by atoms with E-state index in [4.69, 9.17) is 0 Å². The van der Waals surface area contributed by atoms with Gasteiger partial charge in [0, 0.05) is 26.2 Å². The smallest absolute Gasteiger partial charge is 0 e. The molecule has 0 aromatic carbocycles. The van der Waals surface area contributed by atoms with Crippen molar-refractivity contribution < 1.29 is 26.2 Å². The van der Waals surface area contributed by atoms with Gasteiger partial charge in [0.25, 0.3) is 0 Å². The van der Waals surface area contributed by atoms with Crippen LogP contribution in [0.2, 0.25) is 0 Å². The molecule has 0 aromatic rings. The molecule has 0 atom stereocenters. The topological polar surface area (TPSA) is 0 Å². The SMILES string of the molecule is C1=CC(C2CCCCC2)C=C1.[Zr]. The number of rotatable bonds is 1. The molecule has 0 amide bonds. The second-order valence-corrected chi connectivity index (χ2v) is 3.75. The fourth-order valence-corrected chi connectivity index (χ4v) is 2.28. The number of allylic oxidation sites excluding steroid dienone is 4. The van der Waals surface area contributed by atoms with Gasteiger partial charge in [-0.3, -0.25) is 0 Å². The van der Waals surface area contributed by atoms with Gasteiger partial charge in [-0.25, -0.2) is 0 Å². The zero-order chi connectivity index (χ0) is 7.52. The van der Waals surface area contributed by atoms with Gasteiger partial charge in [-0.1, -0.05) is 43.6 Å². The van der Waals surface area contributed by atoms with Crippen molar-refractivity contribution in [3.63, 3.8) is 0 Å². The van der Waals surface area contributed by atoms with Crippen LogP contribution in [0.1, 0.15) is 32.1 Å². The molecule has 0 nitrogen and oxygen atoms in total. The van der Waals surface area contributed by atoms with Gasteiger partial charge in [0.05, 0.1) is 0 Å². The molecule has 0 aliphatic heterocycles. The van der Waals surface area contributed by atoms with Crippen molar-refractivity contribution in [3.8, 4) is 0 Å². The molecule has 12 heavy (non-hydrogen) atoms. The summed E-state index contributed by atoms with van der Waals surface area (Å²) in [5.74, 6) is 1.76. The maximum atomic E-state index is 2.36. The second-order valence-electron chi connectivity index (χ2n) is 3.75. The minimum Gasteiger partial charge on any atom is -0.0773 e. The van der Waals surface area contributed by atoms with Crippen LogP contribution < -0.4 is 0 Å². The molecule has 0 spiro atoms. The average Bonchev–Trinajstić information content (AvgIpc) is 2.58. The molecule has 1 fully saturated rings. The van der Waals surface area contributed by atoms with Gasteiger partial charge in [0.15, 0.2) is 0 Å². The summed E-state index contributed by atoms with van der Waals surface area (Å²) >= 11 is 0. The number of hydrogen-bond donors (Lipinski definition) is 0. The van der Waals surface area contributed by atoms with Gasteiger partial charge in [0.2, 0.25) is 0 Å². The first-order valence-electron chi connectivity index (χ1n) is 4.82. The molecule has 0 bridgehead atoms. The van der Waals surface area contributed by atoms with E-state index in [2.05, 4.69) is 24.3 Å². The van der Waals surface area contributed by atoms with Crippen LogP contribution in [0.5, 0.6) is 0 Å². The largest absolute Gasteiger partial charge is 0.0773 e. The summed E-state index contributed by atoms with van der Waals surface area (Å²) in [6.07, 6.45) is 16.4. The van der Waals surface area contributed by atoms with E-state index in [1.165, 1.54) is 32.1 Å². The van der Waals surface area contributed by atoms with Gasteiger partial charge in [-0.2, -0.15) is 0 Å². The summed E-state index contributed by atoms with van der Waals surface area (Å²) in [4.78, 5) is 0. The zero-order valence-electron chi connectivity index (χ0n) is 7.50. The first-order chi connectivity index (χ1) is 5.47. The Hall–Kier alpha value is 0.363. The quantitative estimate of drug-likeness (QED) is 0.658. The van der Waals surface area contributed by atoms with Gasteiger partial charge >= 0.3 is 0 Å². The van der Waals surface area contributed by atoms with Crippen LogP contribution in [0.15, 0.2) is 24.3 Å². The van der Waals surface area contributed by atoms with Crippen molar-refractivity contribution in [3.05, 3.63) is 24.3 Å². The van der Waals surface area contributed by atoms with Crippen LogP contribution >= 0.6 is 0 Å². The van der Waals surface area contributed by atoms with Crippen molar-refractivity contribution >= 4 is 0 Å². The third-order valence-electron chi connectivity index (χ3n) is 2.97. The molecule has 64 valence electrons. The van der Waals surface area contributed by atoms with E-state index in [0.717, 1.165) is 11.8 Å². The molecule has 1 heteroatoms. The first kappa shape index (κ1) is 10.4. The van der Waals surface area contributed by atoms with Crippen molar-refractivity contribution in [2.45, 2.75) is 32.1 Å².